The molecule has 2 rings (SSSR count). The minimum Gasteiger partial charge on any atom is -0.422 e. The van der Waals surface area contributed by atoms with Crippen molar-refractivity contribution in [1.29, 1.82) is 0 Å². The number of rotatable bonds is 3. The molecule has 1 amide bonds. The van der Waals surface area contributed by atoms with Crippen LogP contribution in [0.3, 0.4) is 0 Å². The van der Waals surface area contributed by atoms with Crippen LogP contribution in [0, 0.1) is 6.92 Å². The van der Waals surface area contributed by atoms with Gasteiger partial charge < -0.3 is 9.73 Å². The fraction of sp³-hybridized carbons (Fsp3) is 0.333. The molecule has 1 heterocycles. The molecule has 19 heavy (non-hydrogen) atoms. The van der Waals surface area contributed by atoms with Gasteiger partial charge in [0, 0.05) is 11.4 Å². The minimum absolute atomic E-state index is 0.0279. The first-order chi connectivity index (χ1) is 9.01. The zero-order valence-electron chi connectivity index (χ0n) is 11.3. The highest BCUT2D eigenvalue weighted by Crippen LogP contribution is 2.15. The van der Waals surface area contributed by atoms with E-state index in [9.17, 15) is 9.59 Å². The summed E-state index contributed by atoms with van der Waals surface area (Å²) in [5, 5.41) is 3.53. The van der Waals surface area contributed by atoms with E-state index in [1.165, 1.54) is 0 Å². The molecule has 0 aliphatic rings. The Kier molecular flexibility index (Phi) is 3.69. The average Bonchev–Trinajstić information content (AvgIpc) is 2.38. The highest BCUT2D eigenvalue weighted by atomic mass is 16.4. The van der Waals surface area contributed by atoms with Crippen molar-refractivity contribution in [2.24, 2.45) is 0 Å². The molecule has 1 aromatic carbocycles. The van der Waals surface area contributed by atoms with E-state index in [2.05, 4.69) is 5.32 Å². The predicted molar refractivity (Wildman–Crippen MR) is 74.4 cm³/mol. The third-order valence-electron chi connectivity index (χ3n) is 3.12. The number of amides is 1. The molecule has 4 heteroatoms. The molecule has 0 radical (unpaired) electrons. The van der Waals surface area contributed by atoms with Gasteiger partial charge in [-0.1, -0.05) is 18.6 Å². The molecule has 2 aromatic rings. The van der Waals surface area contributed by atoms with Gasteiger partial charge in [-0.2, -0.15) is 0 Å². The summed E-state index contributed by atoms with van der Waals surface area (Å²) in [6, 6.07) is 7.11. The Labute approximate surface area is 111 Å². The monoisotopic (exact) mass is 259 g/mol. The van der Waals surface area contributed by atoms with Gasteiger partial charge in [0.15, 0.2) is 0 Å². The molecule has 0 aliphatic carbocycles. The second-order valence-corrected chi connectivity index (χ2v) is 4.77. The van der Waals surface area contributed by atoms with Gasteiger partial charge >= 0.3 is 5.63 Å². The Balaban J connectivity index is 2.46. The van der Waals surface area contributed by atoms with Gasteiger partial charge in [0.1, 0.15) is 11.1 Å². The molecule has 0 fully saturated rings. The molecule has 0 saturated carbocycles. The first-order valence-electron chi connectivity index (χ1n) is 6.36. The summed E-state index contributed by atoms with van der Waals surface area (Å²) in [6.07, 6.45) is 0.809. The third kappa shape index (κ3) is 2.84. The number of carbonyl (C=O) groups is 1. The average molecular weight is 259 g/mol. The topological polar surface area (TPSA) is 59.3 Å². The number of carbonyl (C=O) groups excluding carboxylic acids is 1. The van der Waals surface area contributed by atoms with Crippen LogP contribution in [0.1, 0.15) is 36.2 Å². The molecule has 1 atom stereocenters. The predicted octanol–water partition coefficient (Wildman–Crippen LogP) is 2.63. The van der Waals surface area contributed by atoms with E-state index in [4.69, 9.17) is 4.42 Å². The van der Waals surface area contributed by atoms with Gasteiger partial charge in [-0.25, -0.2) is 4.79 Å². The Morgan fingerprint density at radius 2 is 2.11 bits per heavy atom. The molecule has 0 saturated heterocycles. The number of benzene rings is 1. The van der Waals surface area contributed by atoms with Gasteiger partial charge in [0.2, 0.25) is 0 Å². The lowest BCUT2D eigenvalue weighted by Crippen LogP contribution is -2.34. The normalized spacial score (nSPS) is 12.4. The van der Waals surface area contributed by atoms with Crippen LogP contribution in [-0.2, 0) is 0 Å². The van der Waals surface area contributed by atoms with Crippen molar-refractivity contribution in [3.8, 4) is 0 Å². The van der Waals surface area contributed by atoms with E-state index >= 15 is 0 Å². The first-order valence-corrected chi connectivity index (χ1v) is 6.36. The fourth-order valence-electron chi connectivity index (χ4n) is 1.80. The highest BCUT2D eigenvalue weighted by molar-refractivity contribution is 5.96. The number of fused-ring (bicyclic) bond motifs is 1. The lowest BCUT2D eigenvalue weighted by Gasteiger charge is -2.10. The second kappa shape index (κ2) is 5.26. The summed E-state index contributed by atoms with van der Waals surface area (Å²) in [5.41, 5.74) is 1.00. The number of hydrogen-bond acceptors (Lipinski definition) is 3. The molecule has 0 bridgehead atoms. The summed E-state index contributed by atoms with van der Waals surface area (Å²) in [4.78, 5) is 23.8. The van der Waals surface area contributed by atoms with E-state index in [0.29, 0.717) is 5.58 Å². The number of aryl methyl sites for hydroxylation is 1. The van der Waals surface area contributed by atoms with Crippen molar-refractivity contribution in [3.05, 3.63) is 45.8 Å². The summed E-state index contributed by atoms with van der Waals surface area (Å²) in [6.45, 7) is 5.81. The van der Waals surface area contributed by atoms with E-state index in [1.807, 2.05) is 32.9 Å². The minimum atomic E-state index is -0.600. The quantitative estimate of drug-likeness (QED) is 0.862. The van der Waals surface area contributed by atoms with Crippen molar-refractivity contribution >= 4 is 16.9 Å². The van der Waals surface area contributed by atoms with E-state index in [-0.39, 0.29) is 17.5 Å². The van der Waals surface area contributed by atoms with Crippen LogP contribution in [0.25, 0.3) is 11.0 Å². The van der Waals surface area contributed by atoms with Gasteiger partial charge in [-0.05, 0) is 38.5 Å². The third-order valence-corrected chi connectivity index (χ3v) is 3.12. The van der Waals surface area contributed by atoms with Crippen LogP contribution >= 0.6 is 0 Å². The highest BCUT2D eigenvalue weighted by Gasteiger charge is 2.15. The van der Waals surface area contributed by atoms with E-state index in [1.54, 1.807) is 12.1 Å². The molecule has 1 aromatic heterocycles. The summed E-state index contributed by atoms with van der Waals surface area (Å²) >= 11 is 0. The van der Waals surface area contributed by atoms with Gasteiger partial charge in [-0.15, -0.1) is 0 Å². The van der Waals surface area contributed by atoms with Crippen LogP contribution in [0.4, 0.5) is 0 Å². The lowest BCUT2D eigenvalue weighted by molar-refractivity contribution is 0.0935. The van der Waals surface area contributed by atoms with Gasteiger partial charge in [-0.3, -0.25) is 4.79 Å². The van der Waals surface area contributed by atoms with E-state index in [0.717, 1.165) is 17.4 Å². The Bertz CT molecular complexity index is 673. The summed E-state index contributed by atoms with van der Waals surface area (Å²) < 4.78 is 5.17. The molecule has 0 aliphatic heterocycles. The van der Waals surface area contributed by atoms with Crippen LogP contribution in [0.5, 0.6) is 0 Å². The van der Waals surface area contributed by atoms with Crippen molar-refractivity contribution in [2.45, 2.75) is 33.2 Å². The first kappa shape index (κ1) is 13.3. The molecule has 100 valence electrons. The van der Waals surface area contributed by atoms with Gasteiger partial charge in [0.25, 0.3) is 5.91 Å². The molecule has 0 spiro atoms. The van der Waals surface area contributed by atoms with Crippen molar-refractivity contribution < 1.29 is 9.21 Å². The number of hydrogen-bond donors (Lipinski definition) is 1. The SMILES string of the molecule is CC[C@H](C)NC(=O)c1cc2cc(C)ccc2oc1=O. The summed E-state index contributed by atoms with van der Waals surface area (Å²) in [7, 11) is 0. The Hall–Kier alpha value is -2.10. The smallest absolute Gasteiger partial charge is 0.349 e. The second-order valence-electron chi connectivity index (χ2n) is 4.77. The summed E-state index contributed by atoms with van der Waals surface area (Å²) in [5.74, 6) is -0.383. The zero-order chi connectivity index (χ0) is 14.0. The van der Waals surface area contributed by atoms with Crippen molar-refractivity contribution in [1.82, 2.24) is 5.32 Å². The fourth-order valence-corrected chi connectivity index (χ4v) is 1.80. The maximum Gasteiger partial charge on any atom is 0.349 e. The molecule has 4 nitrogen and oxygen atoms in total. The zero-order valence-corrected chi connectivity index (χ0v) is 11.3. The van der Waals surface area contributed by atoms with Crippen molar-refractivity contribution in [3.63, 3.8) is 0 Å². The molecular formula is C15H17NO3. The standard InChI is InChI=1S/C15H17NO3/c1-4-10(3)16-14(17)12-8-11-7-9(2)5-6-13(11)19-15(12)18/h5-8,10H,4H2,1-3H3,(H,16,17)/t10-/m0/s1. The van der Waals surface area contributed by atoms with Crippen molar-refractivity contribution in [2.75, 3.05) is 0 Å². The largest absolute Gasteiger partial charge is 0.422 e. The molecular weight excluding hydrogens is 242 g/mol. The molecule has 1 N–H and O–H groups in total. The Morgan fingerprint density at radius 3 is 2.79 bits per heavy atom. The van der Waals surface area contributed by atoms with E-state index < -0.39 is 5.63 Å². The van der Waals surface area contributed by atoms with Crippen LogP contribution in [-0.4, -0.2) is 11.9 Å². The molecule has 0 unspecified atom stereocenters. The van der Waals surface area contributed by atoms with Crippen LogP contribution in [0.2, 0.25) is 0 Å². The lowest BCUT2D eigenvalue weighted by atomic mass is 10.1. The number of nitrogens with one attached hydrogen (secondary N) is 1. The van der Waals surface area contributed by atoms with Crippen LogP contribution in [0.15, 0.2) is 33.5 Å². The van der Waals surface area contributed by atoms with Crippen LogP contribution < -0.4 is 10.9 Å². The van der Waals surface area contributed by atoms with Gasteiger partial charge in [0.05, 0.1) is 0 Å². The Morgan fingerprint density at radius 1 is 1.37 bits per heavy atom. The maximum atomic E-state index is 12.0. The maximum absolute atomic E-state index is 12.0.